The highest BCUT2D eigenvalue weighted by Crippen LogP contribution is 2.20. The molecule has 5 nitrogen and oxygen atoms in total. The van der Waals surface area contributed by atoms with Crippen molar-refractivity contribution < 1.29 is 4.42 Å². The van der Waals surface area contributed by atoms with Gasteiger partial charge in [0.05, 0.1) is 12.8 Å². The van der Waals surface area contributed by atoms with Gasteiger partial charge in [-0.15, -0.1) is 0 Å². The summed E-state index contributed by atoms with van der Waals surface area (Å²) in [4.78, 5) is 7.35. The highest BCUT2D eigenvalue weighted by molar-refractivity contribution is 7.98. The maximum absolute atomic E-state index is 5.43. The predicted molar refractivity (Wildman–Crippen MR) is 124 cm³/mol. The quantitative estimate of drug-likeness (QED) is 0.372. The van der Waals surface area contributed by atoms with Crippen LogP contribution in [-0.2, 0) is 13.0 Å². The zero-order valence-electron chi connectivity index (χ0n) is 17.6. The third-order valence-corrected chi connectivity index (χ3v) is 5.98. The molecule has 3 rings (SSSR count). The van der Waals surface area contributed by atoms with Crippen LogP contribution in [0.4, 0.5) is 0 Å². The van der Waals surface area contributed by atoms with E-state index in [4.69, 9.17) is 9.41 Å². The molecule has 1 saturated heterocycles. The van der Waals surface area contributed by atoms with E-state index < -0.39 is 0 Å². The smallest absolute Gasteiger partial charge is 0.191 e. The molecule has 1 aliphatic heterocycles. The first-order chi connectivity index (χ1) is 14.2. The van der Waals surface area contributed by atoms with E-state index in [-0.39, 0.29) is 0 Å². The summed E-state index contributed by atoms with van der Waals surface area (Å²) < 4.78 is 5.43. The fourth-order valence-electron chi connectivity index (χ4n) is 3.76. The summed E-state index contributed by atoms with van der Waals surface area (Å²) in [5, 5.41) is 7.17. The van der Waals surface area contributed by atoms with Crippen LogP contribution in [0.1, 0.15) is 31.1 Å². The average molecular weight is 415 g/mol. The number of thioether (sulfide) groups is 1. The molecule has 2 aromatic rings. The number of nitrogens with zero attached hydrogens (tertiary/aromatic N) is 2. The number of hydrogen-bond donors (Lipinski definition) is 2. The Labute approximate surface area is 179 Å². The van der Waals surface area contributed by atoms with Gasteiger partial charge in [0, 0.05) is 43.9 Å². The van der Waals surface area contributed by atoms with Crippen molar-refractivity contribution in [1.29, 1.82) is 0 Å². The molecular formula is C23H34N4OS. The van der Waals surface area contributed by atoms with Gasteiger partial charge in [-0.05, 0) is 43.7 Å². The zero-order chi connectivity index (χ0) is 20.3. The van der Waals surface area contributed by atoms with Crippen LogP contribution in [-0.4, -0.2) is 54.6 Å². The molecule has 1 aromatic heterocycles. The van der Waals surface area contributed by atoms with Crippen LogP contribution < -0.4 is 10.6 Å². The lowest BCUT2D eigenvalue weighted by Gasteiger charge is -2.38. The van der Waals surface area contributed by atoms with Gasteiger partial charge in [0.15, 0.2) is 5.96 Å². The van der Waals surface area contributed by atoms with E-state index in [1.165, 1.54) is 5.56 Å². The van der Waals surface area contributed by atoms with Gasteiger partial charge in [-0.1, -0.05) is 30.3 Å². The van der Waals surface area contributed by atoms with E-state index in [0.29, 0.717) is 12.1 Å². The fourth-order valence-corrected chi connectivity index (χ4v) is 4.03. The topological polar surface area (TPSA) is 52.8 Å². The van der Waals surface area contributed by atoms with Crippen molar-refractivity contribution in [2.75, 3.05) is 31.6 Å². The molecule has 158 valence electrons. The van der Waals surface area contributed by atoms with Crippen molar-refractivity contribution in [3.05, 3.63) is 60.1 Å². The van der Waals surface area contributed by atoms with Crippen molar-refractivity contribution in [1.82, 2.24) is 15.5 Å². The molecule has 0 spiro atoms. The van der Waals surface area contributed by atoms with E-state index in [1.54, 1.807) is 6.26 Å². The van der Waals surface area contributed by atoms with Gasteiger partial charge < -0.3 is 15.1 Å². The number of nitrogens with one attached hydrogen (secondary N) is 2. The molecule has 0 aliphatic carbocycles. The molecule has 2 unspecified atom stereocenters. The van der Waals surface area contributed by atoms with Gasteiger partial charge in [-0.3, -0.25) is 9.89 Å². The second kappa shape index (κ2) is 11.9. The maximum atomic E-state index is 5.43. The van der Waals surface area contributed by atoms with Gasteiger partial charge in [-0.2, -0.15) is 11.8 Å². The molecule has 1 fully saturated rings. The Morgan fingerprint density at radius 2 is 2.10 bits per heavy atom. The van der Waals surface area contributed by atoms with Crippen molar-refractivity contribution in [2.45, 2.75) is 44.8 Å². The van der Waals surface area contributed by atoms with Crippen molar-refractivity contribution in [3.8, 4) is 0 Å². The molecule has 29 heavy (non-hydrogen) atoms. The van der Waals surface area contributed by atoms with E-state index in [1.807, 2.05) is 23.9 Å². The van der Waals surface area contributed by atoms with Crippen LogP contribution in [0.15, 0.2) is 58.1 Å². The van der Waals surface area contributed by atoms with Gasteiger partial charge in [0.1, 0.15) is 5.76 Å². The molecule has 6 heteroatoms. The number of likely N-dealkylation sites (tertiary alicyclic amines) is 1. The summed E-state index contributed by atoms with van der Waals surface area (Å²) in [5.74, 6) is 2.97. The second-order valence-corrected chi connectivity index (χ2v) is 8.64. The molecule has 1 aliphatic rings. The van der Waals surface area contributed by atoms with E-state index in [0.717, 1.165) is 62.9 Å². The normalized spacial score (nSPS) is 20.6. The highest BCUT2D eigenvalue weighted by atomic mass is 32.2. The van der Waals surface area contributed by atoms with Gasteiger partial charge in [-0.25, -0.2) is 0 Å². The number of guanidine groups is 1. The second-order valence-electron chi connectivity index (χ2n) is 7.65. The Hall–Kier alpha value is -1.92. The van der Waals surface area contributed by atoms with Crippen molar-refractivity contribution in [2.24, 2.45) is 4.99 Å². The standard InChI is InChI=1S/C23H34N4OS/c1-19-17-21(11-14-27(19)18-20-7-4-3-5-8-20)26-23(25-13-16-29-2)24-12-10-22-9-6-15-28-22/h3-9,15,19,21H,10-14,16-18H2,1-2H3,(H2,24,25,26). The zero-order valence-corrected chi connectivity index (χ0v) is 18.5. The average Bonchev–Trinajstić information content (AvgIpc) is 3.24. The highest BCUT2D eigenvalue weighted by Gasteiger charge is 2.26. The molecule has 1 aromatic carbocycles. The van der Waals surface area contributed by atoms with Gasteiger partial charge >= 0.3 is 0 Å². The van der Waals surface area contributed by atoms with Crippen LogP contribution in [0.3, 0.4) is 0 Å². The van der Waals surface area contributed by atoms with Crippen molar-refractivity contribution >= 4 is 17.7 Å². The first-order valence-corrected chi connectivity index (χ1v) is 12.0. The molecule has 0 saturated carbocycles. The minimum atomic E-state index is 0.459. The summed E-state index contributed by atoms with van der Waals surface area (Å²) in [6.45, 7) is 6.13. The molecule has 0 amide bonds. The monoisotopic (exact) mass is 414 g/mol. The van der Waals surface area contributed by atoms with Crippen LogP contribution >= 0.6 is 11.8 Å². The Kier molecular flexibility index (Phi) is 8.96. The summed E-state index contributed by atoms with van der Waals surface area (Å²) in [5.41, 5.74) is 1.39. The summed E-state index contributed by atoms with van der Waals surface area (Å²) in [6, 6.07) is 15.7. The van der Waals surface area contributed by atoms with E-state index >= 15 is 0 Å². The van der Waals surface area contributed by atoms with Gasteiger partial charge in [0.2, 0.25) is 0 Å². The molecule has 2 heterocycles. The Bertz CT molecular complexity index is 720. The third kappa shape index (κ3) is 7.44. The first kappa shape index (κ1) is 21.8. The summed E-state index contributed by atoms with van der Waals surface area (Å²) >= 11 is 1.83. The van der Waals surface area contributed by atoms with Gasteiger partial charge in [0.25, 0.3) is 0 Å². The maximum Gasteiger partial charge on any atom is 0.191 e. The third-order valence-electron chi connectivity index (χ3n) is 5.39. The Morgan fingerprint density at radius 3 is 2.83 bits per heavy atom. The van der Waals surface area contributed by atoms with Crippen LogP contribution in [0.2, 0.25) is 0 Å². The minimum Gasteiger partial charge on any atom is -0.469 e. The fraction of sp³-hybridized carbons (Fsp3) is 0.522. The van der Waals surface area contributed by atoms with Crippen LogP contribution in [0, 0.1) is 0 Å². The number of furan rings is 1. The number of piperidine rings is 1. The lowest BCUT2D eigenvalue weighted by Crippen LogP contribution is -2.51. The molecule has 2 atom stereocenters. The molecule has 2 N–H and O–H groups in total. The van der Waals surface area contributed by atoms with Crippen LogP contribution in [0.25, 0.3) is 0 Å². The lowest BCUT2D eigenvalue weighted by atomic mass is 9.97. The largest absolute Gasteiger partial charge is 0.469 e. The summed E-state index contributed by atoms with van der Waals surface area (Å²) in [7, 11) is 0. The number of rotatable bonds is 9. The number of aliphatic imine (C=N–C) groups is 1. The molecule has 0 bridgehead atoms. The lowest BCUT2D eigenvalue weighted by molar-refractivity contribution is 0.134. The van der Waals surface area contributed by atoms with E-state index in [2.05, 4.69) is 59.0 Å². The number of hydrogen-bond acceptors (Lipinski definition) is 4. The minimum absolute atomic E-state index is 0.459. The SMILES string of the molecule is CSCCN=C(NCCc1ccco1)NC1CCN(Cc2ccccc2)C(C)C1. The number of benzene rings is 1. The molecular weight excluding hydrogens is 380 g/mol. The first-order valence-electron chi connectivity index (χ1n) is 10.6. The van der Waals surface area contributed by atoms with E-state index in [9.17, 15) is 0 Å². The predicted octanol–water partition coefficient (Wildman–Crippen LogP) is 3.77. The summed E-state index contributed by atoms with van der Waals surface area (Å²) in [6.07, 6.45) is 6.98. The Morgan fingerprint density at radius 1 is 1.24 bits per heavy atom. The molecule has 0 radical (unpaired) electrons. The van der Waals surface area contributed by atoms with Crippen molar-refractivity contribution in [3.63, 3.8) is 0 Å². The van der Waals surface area contributed by atoms with Crippen LogP contribution in [0.5, 0.6) is 0 Å². The Balaban J connectivity index is 1.48.